The van der Waals surface area contributed by atoms with Gasteiger partial charge >= 0.3 is 6.03 Å². The summed E-state index contributed by atoms with van der Waals surface area (Å²) in [7, 11) is 0. The number of carbonyl (C=O) groups is 1. The van der Waals surface area contributed by atoms with Gasteiger partial charge in [0.15, 0.2) is 0 Å². The normalized spacial score (nSPS) is 10.9. The second kappa shape index (κ2) is 8.04. The number of fused-ring (bicyclic) bond motifs is 1. The number of anilines is 1. The molecule has 4 aromatic rings. The Kier molecular flexibility index (Phi) is 5.29. The summed E-state index contributed by atoms with van der Waals surface area (Å²) in [6.07, 6.45) is 0. The lowest BCUT2D eigenvalue weighted by Crippen LogP contribution is -2.28. The number of amides is 2. The molecule has 0 saturated heterocycles. The number of H-pyrrole nitrogens is 1. The van der Waals surface area contributed by atoms with Gasteiger partial charge in [-0.2, -0.15) is 9.61 Å². The molecule has 4 rings (SSSR count). The number of aryl methyl sites for hydroxylation is 1. The Morgan fingerprint density at radius 2 is 1.77 bits per heavy atom. The highest BCUT2D eigenvalue weighted by atomic mass is 35.5. The van der Waals surface area contributed by atoms with Gasteiger partial charge in [-0.05, 0) is 49.2 Å². The topological polar surface area (TPSA) is 91.3 Å². The Labute approximate surface area is 177 Å². The minimum Gasteiger partial charge on any atom is -0.339 e. The van der Waals surface area contributed by atoms with Crippen LogP contribution in [-0.4, -0.2) is 27.2 Å². The average Bonchev–Trinajstić information content (AvgIpc) is 3.06. The van der Waals surface area contributed by atoms with Crippen LogP contribution in [0.4, 0.5) is 10.5 Å². The molecule has 3 N–H and O–H groups in total. The van der Waals surface area contributed by atoms with Crippen LogP contribution in [0.2, 0.25) is 5.02 Å². The van der Waals surface area contributed by atoms with Crippen LogP contribution in [0.5, 0.6) is 0 Å². The summed E-state index contributed by atoms with van der Waals surface area (Å²) in [6, 6.07) is 15.9. The minimum atomic E-state index is -0.262. The molecule has 0 aliphatic carbocycles. The lowest BCUT2D eigenvalue weighted by atomic mass is 10.1. The van der Waals surface area contributed by atoms with Gasteiger partial charge in [0.25, 0.3) is 5.56 Å². The van der Waals surface area contributed by atoms with E-state index in [-0.39, 0.29) is 11.6 Å². The lowest BCUT2D eigenvalue weighted by molar-refractivity contribution is 0.252. The molecule has 7 nitrogen and oxygen atoms in total. The number of carbonyl (C=O) groups excluding carboxylic acids is 1. The predicted octanol–water partition coefficient (Wildman–Crippen LogP) is 4.46. The van der Waals surface area contributed by atoms with Crippen LogP contribution in [0.25, 0.3) is 28.0 Å². The average molecular weight is 422 g/mol. The number of hydrogen-bond donors (Lipinski definition) is 3. The zero-order valence-electron chi connectivity index (χ0n) is 16.5. The number of aromatic nitrogens is 3. The summed E-state index contributed by atoms with van der Waals surface area (Å²) in [5, 5.41) is 10.5. The summed E-state index contributed by atoms with van der Waals surface area (Å²) in [5.41, 5.74) is 5.03. The smallest absolute Gasteiger partial charge is 0.319 e. The molecule has 0 aliphatic heterocycles. The summed E-state index contributed by atoms with van der Waals surface area (Å²) in [6.45, 7) is 4.27. The van der Waals surface area contributed by atoms with Gasteiger partial charge in [-0.15, -0.1) is 0 Å². The van der Waals surface area contributed by atoms with E-state index in [2.05, 4.69) is 20.7 Å². The van der Waals surface area contributed by atoms with Crippen LogP contribution in [0.1, 0.15) is 12.6 Å². The summed E-state index contributed by atoms with van der Waals surface area (Å²) < 4.78 is 1.37. The van der Waals surface area contributed by atoms with E-state index in [1.54, 1.807) is 12.1 Å². The van der Waals surface area contributed by atoms with E-state index in [1.165, 1.54) is 10.6 Å². The molecular formula is C22H20ClN5O2. The molecule has 8 heteroatoms. The highest BCUT2D eigenvalue weighted by Crippen LogP contribution is 2.29. The number of benzene rings is 2. The van der Waals surface area contributed by atoms with Gasteiger partial charge < -0.3 is 15.6 Å². The van der Waals surface area contributed by atoms with Crippen molar-refractivity contribution in [3.63, 3.8) is 0 Å². The van der Waals surface area contributed by atoms with Crippen LogP contribution in [0, 0.1) is 6.92 Å². The van der Waals surface area contributed by atoms with E-state index in [1.807, 2.05) is 50.2 Å². The van der Waals surface area contributed by atoms with Crippen molar-refractivity contribution in [1.82, 2.24) is 19.9 Å². The largest absolute Gasteiger partial charge is 0.339 e. The fraction of sp³-hybridized carbons (Fsp3) is 0.136. The molecule has 0 radical (unpaired) electrons. The first-order valence-electron chi connectivity index (χ1n) is 9.50. The Morgan fingerprint density at radius 3 is 2.43 bits per heavy atom. The van der Waals surface area contributed by atoms with Gasteiger partial charge in [0, 0.05) is 28.9 Å². The van der Waals surface area contributed by atoms with Crippen LogP contribution < -0.4 is 16.2 Å². The maximum atomic E-state index is 12.7. The zero-order chi connectivity index (χ0) is 21.3. The van der Waals surface area contributed by atoms with E-state index >= 15 is 0 Å². The van der Waals surface area contributed by atoms with Gasteiger partial charge in [-0.25, -0.2) is 4.79 Å². The Hall–Kier alpha value is -3.58. The predicted molar refractivity (Wildman–Crippen MR) is 119 cm³/mol. The number of rotatable bonds is 4. The summed E-state index contributed by atoms with van der Waals surface area (Å²) in [4.78, 5) is 27.7. The Morgan fingerprint density at radius 1 is 1.10 bits per heavy atom. The standard InChI is InChI=1S/C22H20ClN5O2/c1-3-24-22(30)25-17-10-6-14(7-11-17)18-12-19(29)28-21(26-18)20(13(2)27-28)15-4-8-16(23)9-5-15/h4-12,26H,3H2,1-2H3,(H2,24,25,30). The van der Waals surface area contributed by atoms with E-state index in [0.717, 1.165) is 22.4 Å². The molecule has 0 fully saturated rings. The fourth-order valence-electron chi connectivity index (χ4n) is 3.34. The molecule has 2 aromatic carbocycles. The zero-order valence-corrected chi connectivity index (χ0v) is 17.2. The molecule has 0 aliphatic rings. The van der Waals surface area contributed by atoms with Crippen LogP contribution in [0.3, 0.4) is 0 Å². The molecule has 0 unspecified atom stereocenters. The van der Waals surface area contributed by atoms with Crippen molar-refractivity contribution in [2.24, 2.45) is 0 Å². The Bertz CT molecular complexity index is 1270. The maximum absolute atomic E-state index is 12.7. The van der Waals surface area contributed by atoms with Crippen molar-refractivity contribution in [3.8, 4) is 22.4 Å². The third-order valence-corrected chi connectivity index (χ3v) is 4.97. The third kappa shape index (κ3) is 3.79. The van der Waals surface area contributed by atoms with Crippen LogP contribution in [-0.2, 0) is 0 Å². The fourth-order valence-corrected chi connectivity index (χ4v) is 3.46. The van der Waals surface area contributed by atoms with Crippen LogP contribution >= 0.6 is 11.6 Å². The van der Waals surface area contributed by atoms with Crippen molar-refractivity contribution >= 4 is 29.0 Å². The van der Waals surface area contributed by atoms with Crippen molar-refractivity contribution in [2.45, 2.75) is 13.8 Å². The second-order valence-electron chi connectivity index (χ2n) is 6.81. The first kappa shape index (κ1) is 19.7. The van der Waals surface area contributed by atoms with E-state index in [9.17, 15) is 9.59 Å². The third-order valence-electron chi connectivity index (χ3n) is 4.71. The SMILES string of the molecule is CCNC(=O)Nc1ccc(-c2cc(=O)n3nc(C)c(-c4ccc(Cl)cc4)c3[nH]2)cc1. The molecule has 30 heavy (non-hydrogen) atoms. The first-order chi connectivity index (χ1) is 14.5. The number of nitrogens with one attached hydrogen (secondary N) is 3. The maximum Gasteiger partial charge on any atom is 0.319 e. The van der Waals surface area contributed by atoms with E-state index < -0.39 is 0 Å². The van der Waals surface area contributed by atoms with Crippen molar-refractivity contribution in [1.29, 1.82) is 0 Å². The van der Waals surface area contributed by atoms with Crippen molar-refractivity contribution in [3.05, 3.63) is 75.7 Å². The van der Waals surface area contributed by atoms with Gasteiger partial charge in [0.2, 0.25) is 0 Å². The summed E-state index contributed by atoms with van der Waals surface area (Å²) >= 11 is 6.01. The first-order valence-corrected chi connectivity index (χ1v) is 9.88. The van der Waals surface area contributed by atoms with E-state index in [0.29, 0.717) is 28.6 Å². The quantitative estimate of drug-likeness (QED) is 0.454. The molecule has 0 saturated carbocycles. The molecule has 0 bridgehead atoms. The lowest BCUT2D eigenvalue weighted by Gasteiger charge is -2.08. The molecular weight excluding hydrogens is 402 g/mol. The van der Waals surface area contributed by atoms with Gasteiger partial charge in [0.05, 0.1) is 11.4 Å². The number of nitrogens with zero attached hydrogens (tertiary/aromatic N) is 2. The van der Waals surface area contributed by atoms with E-state index in [4.69, 9.17) is 11.6 Å². The molecule has 2 heterocycles. The van der Waals surface area contributed by atoms with Gasteiger partial charge in [-0.3, -0.25) is 4.79 Å². The molecule has 0 atom stereocenters. The summed E-state index contributed by atoms with van der Waals surface area (Å²) in [5.74, 6) is 0. The minimum absolute atomic E-state index is 0.230. The number of urea groups is 1. The highest BCUT2D eigenvalue weighted by molar-refractivity contribution is 6.30. The molecule has 2 amide bonds. The van der Waals surface area contributed by atoms with Gasteiger partial charge in [-0.1, -0.05) is 35.9 Å². The number of halogens is 1. The number of aromatic amines is 1. The van der Waals surface area contributed by atoms with Crippen molar-refractivity contribution < 1.29 is 4.79 Å². The molecule has 2 aromatic heterocycles. The van der Waals surface area contributed by atoms with Crippen LogP contribution in [0.15, 0.2) is 59.4 Å². The number of hydrogen-bond acceptors (Lipinski definition) is 3. The highest BCUT2D eigenvalue weighted by Gasteiger charge is 2.15. The van der Waals surface area contributed by atoms with Crippen molar-refractivity contribution in [2.75, 3.05) is 11.9 Å². The van der Waals surface area contributed by atoms with Gasteiger partial charge in [0.1, 0.15) is 5.65 Å². The monoisotopic (exact) mass is 421 g/mol. The molecule has 152 valence electrons. The second-order valence-corrected chi connectivity index (χ2v) is 7.25. The molecule has 0 spiro atoms. The Balaban J connectivity index is 1.75.